The van der Waals surface area contributed by atoms with E-state index in [4.69, 9.17) is 0 Å². The van der Waals surface area contributed by atoms with Crippen molar-refractivity contribution in [3.05, 3.63) is 0 Å². The Morgan fingerprint density at radius 1 is 1.22 bits per heavy atom. The molecule has 1 saturated heterocycles. The Kier molecular flexibility index (Phi) is 0.837. The molecule has 0 amide bonds. The molecular weight excluding hydrogens is 144 g/mol. The molecule has 2 nitrogen and oxygen atoms in total. The average Bonchev–Trinajstić information content (AvgIpc) is 1.65. The summed E-state index contributed by atoms with van der Waals surface area (Å²) in [4.78, 5) is 9.52. The van der Waals surface area contributed by atoms with Gasteiger partial charge in [0, 0.05) is 0 Å². The second-order valence-corrected chi connectivity index (χ2v) is 1.48. The average molecular weight is 144 g/mol. The molecule has 0 N–H and O–H groups in total. The van der Waals surface area contributed by atoms with Gasteiger partial charge in [0.25, 0.3) is 0 Å². The number of hydrogen-bond donors (Lipinski definition) is 0. The van der Waals surface area contributed by atoms with Gasteiger partial charge in [-0.2, -0.15) is 17.6 Å². The first-order valence-corrected chi connectivity index (χ1v) is 1.87. The lowest BCUT2D eigenvalue weighted by Gasteiger charge is -2.32. The van der Waals surface area contributed by atoms with Crippen molar-refractivity contribution in [2.24, 2.45) is 0 Å². The summed E-state index contributed by atoms with van der Waals surface area (Å²) < 4.78 is 48.5. The Bertz CT molecular complexity index is 163. The fraction of sp³-hybridized carbons (Fsp3) is 0.667. The Morgan fingerprint density at radius 2 is 1.67 bits per heavy atom. The Hall–Kier alpha value is -0.810. The summed E-state index contributed by atoms with van der Waals surface area (Å²) in [6.07, 6.45) is -4.59. The topological polar surface area (TPSA) is 26.3 Å². The van der Waals surface area contributed by atoms with Crippen LogP contribution in [0.1, 0.15) is 0 Å². The molecule has 0 aromatic carbocycles. The molecule has 0 spiro atoms. The lowest BCUT2D eigenvalue weighted by Crippen LogP contribution is -2.62. The molecule has 6 heteroatoms. The van der Waals surface area contributed by atoms with Gasteiger partial charge in [-0.05, 0) is 0 Å². The molecule has 0 unspecified atom stereocenters. The van der Waals surface area contributed by atoms with Crippen LogP contribution in [0, 0.1) is 0 Å². The molecule has 0 aromatic rings. The summed E-state index contributed by atoms with van der Waals surface area (Å²) in [6, 6.07) is 0. The van der Waals surface area contributed by atoms with Crippen molar-refractivity contribution in [1.82, 2.24) is 0 Å². The standard InChI is InChI=1S/C3F4O2/c4-2(5)1(8)9-3(2,6)7. The highest BCUT2D eigenvalue weighted by Crippen LogP contribution is 2.45. The van der Waals surface area contributed by atoms with E-state index in [2.05, 4.69) is 4.74 Å². The third-order valence-corrected chi connectivity index (χ3v) is 0.843. The van der Waals surface area contributed by atoms with Gasteiger partial charge < -0.3 is 4.74 Å². The second-order valence-electron chi connectivity index (χ2n) is 1.48. The first-order valence-electron chi connectivity index (χ1n) is 1.87. The first kappa shape index (κ1) is 6.31. The van der Waals surface area contributed by atoms with Crippen molar-refractivity contribution in [2.45, 2.75) is 12.0 Å². The summed E-state index contributed by atoms with van der Waals surface area (Å²) in [5.41, 5.74) is 0. The smallest absolute Gasteiger partial charge is 0.391 e. The maximum absolute atomic E-state index is 11.5. The van der Waals surface area contributed by atoms with E-state index < -0.39 is 18.0 Å². The minimum Gasteiger partial charge on any atom is -0.391 e. The molecule has 52 valence electrons. The molecule has 9 heavy (non-hydrogen) atoms. The number of esters is 1. The molecular formula is C3F4O2. The number of hydrogen-bond acceptors (Lipinski definition) is 2. The summed E-state index contributed by atoms with van der Waals surface area (Å²) >= 11 is 0. The third-order valence-electron chi connectivity index (χ3n) is 0.843. The SMILES string of the molecule is O=C1OC(F)(F)C1(F)F. The molecule has 1 rings (SSSR count). The van der Waals surface area contributed by atoms with Crippen LogP contribution in [-0.2, 0) is 9.53 Å². The molecule has 0 saturated carbocycles. The van der Waals surface area contributed by atoms with Crippen LogP contribution in [0.25, 0.3) is 0 Å². The monoisotopic (exact) mass is 144 g/mol. The zero-order valence-corrected chi connectivity index (χ0v) is 3.83. The number of halogens is 4. The van der Waals surface area contributed by atoms with Crippen LogP contribution in [0.2, 0.25) is 0 Å². The van der Waals surface area contributed by atoms with Crippen LogP contribution in [0.3, 0.4) is 0 Å². The van der Waals surface area contributed by atoms with Crippen molar-refractivity contribution < 1.29 is 27.1 Å². The predicted molar refractivity (Wildman–Crippen MR) is 16.0 cm³/mol. The number of carbonyl (C=O) groups is 1. The van der Waals surface area contributed by atoms with E-state index >= 15 is 0 Å². The quantitative estimate of drug-likeness (QED) is 0.370. The van der Waals surface area contributed by atoms with Gasteiger partial charge in [-0.25, -0.2) is 4.79 Å². The minimum atomic E-state index is -4.62. The number of cyclic esters (lactones) is 1. The molecule has 1 heterocycles. The van der Waals surface area contributed by atoms with Gasteiger partial charge in [-0.3, -0.25) is 0 Å². The fourth-order valence-corrected chi connectivity index (χ4v) is 0.317. The van der Waals surface area contributed by atoms with Gasteiger partial charge in [-0.15, -0.1) is 0 Å². The normalized spacial score (nSPS) is 28.7. The van der Waals surface area contributed by atoms with Gasteiger partial charge in [0.1, 0.15) is 0 Å². The van der Waals surface area contributed by atoms with Crippen LogP contribution in [0.15, 0.2) is 0 Å². The van der Waals surface area contributed by atoms with Crippen LogP contribution >= 0.6 is 0 Å². The molecule has 1 aliphatic rings. The zero-order chi connectivity index (χ0) is 7.28. The second kappa shape index (κ2) is 1.19. The summed E-state index contributed by atoms with van der Waals surface area (Å²) in [6.45, 7) is 0. The number of carbonyl (C=O) groups excluding carboxylic acids is 1. The van der Waals surface area contributed by atoms with Gasteiger partial charge in [0.05, 0.1) is 0 Å². The van der Waals surface area contributed by atoms with Crippen molar-refractivity contribution in [1.29, 1.82) is 0 Å². The lowest BCUT2D eigenvalue weighted by molar-refractivity contribution is -0.385. The maximum atomic E-state index is 11.5. The molecule has 1 fully saturated rings. The highest BCUT2D eigenvalue weighted by Gasteiger charge is 2.77. The zero-order valence-electron chi connectivity index (χ0n) is 3.83. The summed E-state index contributed by atoms with van der Waals surface area (Å²) in [5, 5.41) is 0. The van der Waals surface area contributed by atoms with Gasteiger partial charge >= 0.3 is 18.0 Å². The van der Waals surface area contributed by atoms with Gasteiger partial charge in [0.2, 0.25) is 0 Å². The Labute approximate surface area is 46.4 Å². The highest BCUT2D eigenvalue weighted by molar-refractivity contribution is 5.84. The van der Waals surface area contributed by atoms with Crippen molar-refractivity contribution in [3.63, 3.8) is 0 Å². The summed E-state index contributed by atoms with van der Waals surface area (Å²) in [7, 11) is 0. The van der Waals surface area contributed by atoms with E-state index in [1.54, 1.807) is 0 Å². The molecule has 0 aliphatic carbocycles. The van der Waals surface area contributed by atoms with Crippen LogP contribution in [0.4, 0.5) is 17.6 Å². The van der Waals surface area contributed by atoms with Crippen LogP contribution < -0.4 is 0 Å². The minimum absolute atomic E-state index is 2.17. The van der Waals surface area contributed by atoms with Crippen LogP contribution in [0.5, 0.6) is 0 Å². The molecule has 0 atom stereocenters. The van der Waals surface area contributed by atoms with Crippen molar-refractivity contribution >= 4 is 5.97 Å². The molecule has 0 aromatic heterocycles. The van der Waals surface area contributed by atoms with Crippen molar-refractivity contribution in [3.8, 4) is 0 Å². The van der Waals surface area contributed by atoms with Crippen LogP contribution in [-0.4, -0.2) is 18.0 Å². The van der Waals surface area contributed by atoms with Gasteiger partial charge in [0.15, 0.2) is 0 Å². The Morgan fingerprint density at radius 3 is 1.67 bits per heavy atom. The van der Waals surface area contributed by atoms with Crippen molar-refractivity contribution in [2.75, 3.05) is 0 Å². The predicted octanol–water partition coefficient (Wildman–Crippen LogP) is 0.771. The van der Waals surface area contributed by atoms with E-state index in [1.165, 1.54) is 0 Å². The summed E-state index contributed by atoms with van der Waals surface area (Å²) in [5.74, 6) is -6.79. The maximum Gasteiger partial charge on any atom is 0.478 e. The lowest BCUT2D eigenvalue weighted by atomic mass is 10.2. The largest absolute Gasteiger partial charge is 0.478 e. The van der Waals surface area contributed by atoms with E-state index in [-0.39, 0.29) is 0 Å². The molecule has 0 radical (unpaired) electrons. The molecule has 0 bridgehead atoms. The number of rotatable bonds is 0. The number of ether oxygens (including phenoxy) is 1. The van der Waals surface area contributed by atoms with E-state index in [9.17, 15) is 22.4 Å². The fourth-order valence-electron chi connectivity index (χ4n) is 0.317. The van der Waals surface area contributed by atoms with E-state index in [0.29, 0.717) is 0 Å². The molecule has 1 aliphatic heterocycles. The van der Waals surface area contributed by atoms with Gasteiger partial charge in [-0.1, -0.05) is 0 Å². The van der Waals surface area contributed by atoms with E-state index in [1.807, 2.05) is 0 Å². The first-order chi connectivity index (χ1) is 3.88. The number of alkyl halides is 4. The third kappa shape index (κ3) is 0.526. The highest BCUT2D eigenvalue weighted by atomic mass is 19.3. The van der Waals surface area contributed by atoms with E-state index in [0.717, 1.165) is 0 Å². The Balaban J connectivity index is 2.82.